The van der Waals surface area contributed by atoms with Gasteiger partial charge in [-0.25, -0.2) is 9.97 Å². The van der Waals surface area contributed by atoms with Crippen LogP contribution in [0.1, 0.15) is 27.7 Å². The lowest BCUT2D eigenvalue weighted by Crippen LogP contribution is -3.00. The van der Waals surface area contributed by atoms with Gasteiger partial charge in [0.25, 0.3) is 0 Å². The van der Waals surface area contributed by atoms with Gasteiger partial charge in [-0.1, -0.05) is 76.2 Å². The number of aromatic nitrogens is 2. The van der Waals surface area contributed by atoms with Gasteiger partial charge in [-0.15, -0.1) is 0 Å². The first-order chi connectivity index (χ1) is 22.3. The number of amides is 2. The second-order valence-electron chi connectivity index (χ2n) is 12.5. The minimum Gasteiger partial charge on any atom is -1.00 e. The van der Waals surface area contributed by atoms with Crippen LogP contribution in [-0.2, 0) is 9.59 Å². The first kappa shape index (κ1) is 36.2. The molecule has 48 heavy (non-hydrogen) atoms. The molecule has 2 amide bonds. The van der Waals surface area contributed by atoms with E-state index in [0.29, 0.717) is 13.1 Å². The highest BCUT2D eigenvalue weighted by molar-refractivity contribution is 6.07. The maximum absolute atomic E-state index is 13.5. The van der Waals surface area contributed by atoms with Crippen LogP contribution in [-0.4, -0.2) is 37.0 Å². The molecule has 6 aromatic rings. The van der Waals surface area contributed by atoms with Crippen LogP contribution in [0.25, 0.3) is 43.6 Å². The van der Waals surface area contributed by atoms with Gasteiger partial charge < -0.3 is 46.1 Å². The van der Waals surface area contributed by atoms with E-state index in [9.17, 15) is 9.59 Å². The highest BCUT2D eigenvalue weighted by atomic mass is 35.5. The Morgan fingerprint density at radius 3 is 1.04 bits per heavy atom. The molecule has 0 aliphatic rings. The van der Waals surface area contributed by atoms with Crippen LogP contribution in [0.15, 0.2) is 97.1 Å². The molecular weight excluding hydrogens is 643 g/mol. The van der Waals surface area contributed by atoms with Gasteiger partial charge in [-0.2, -0.15) is 0 Å². The van der Waals surface area contributed by atoms with Gasteiger partial charge in [0.15, 0.2) is 0 Å². The minimum absolute atomic E-state index is 0. The Morgan fingerprint density at radius 2 is 0.771 bits per heavy atom. The van der Waals surface area contributed by atoms with Gasteiger partial charge >= 0.3 is 0 Å². The number of pyridine rings is 2. The summed E-state index contributed by atoms with van der Waals surface area (Å²) < 4.78 is 0. The van der Waals surface area contributed by atoms with Crippen LogP contribution >= 0.6 is 0 Å². The first-order valence-corrected chi connectivity index (χ1v) is 16.1. The smallest absolute Gasteiger partial charge is 0.242 e. The molecular formula is C38H42Cl2N6O2. The number of para-hydroxylation sites is 4. The highest BCUT2D eigenvalue weighted by Crippen LogP contribution is 2.31. The van der Waals surface area contributed by atoms with E-state index in [1.165, 1.54) is 0 Å². The fourth-order valence-electron chi connectivity index (χ4n) is 6.10. The summed E-state index contributed by atoms with van der Waals surface area (Å²) >= 11 is 0. The van der Waals surface area contributed by atoms with Crippen molar-refractivity contribution in [1.82, 2.24) is 10.6 Å². The van der Waals surface area contributed by atoms with Crippen molar-refractivity contribution >= 4 is 66.8 Å². The largest absolute Gasteiger partial charge is 1.00 e. The lowest BCUT2D eigenvalue weighted by atomic mass is 10.0. The number of nitrogens with one attached hydrogen (secondary N) is 6. The zero-order valence-corrected chi connectivity index (χ0v) is 29.0. The average molecular weight is 686 g/mol. The quantitative estimate of drug-likeness (QED) is 0.111. The van der Waals surface area contributed by atoms with Crippen molar-refractivity contribution < 1.29 is 44.4 Å². The van der Waals surface area contributed by atoms with Crippen LogP contribution in [0.2, 0.25) is 0 Å². The normalized spacial score (nSPS) is 12.4. The Morgan fingerprint density at radius 1 is 0.500 bits per heavy atom. The third-order valence-electron chi connectivity index (χ3n) is 8.55. The van der Waals surface area contributed by atoms with Gasteiger partial charge in [-0.05, 0) is 36.1 Å². The van der Waals surface area contributed by atoms with E-state index in [-0.39, 0.29) is 48.5 Å². The summed E-state index contributed by atoms with van der Waals surface area (Å²) in [5.74, 6) is -0.165. The molecule has 8 nitrogen and oxygen atoms in total. The van der Waals surface area contributed by atoms with Crippen molar-refractivity contribution in [1.29, 1.82) is 0 Å². The van der Waals surface area contributed by atoms with E-state index >= 15 is 0 Å². The standard InChI is InChI=1S/C38H40N6O2.2ClH/c1-23(2)33(43-35-25-13-5-9-17-29(25)41-30-18-10-6-14-26(30)35)37(45)39-21-22-40-38(46)34(24(3)4)44-36-27-15-7-11-19-31(27)42-32-20-12-8-16-28(32)36;;/h5-20,23-24,33-34H,21-22H2,1-4H3,(H,39,45)(H,40,46)(H,41,43)(H,42,44);2*1H/t33-,34-;;/m0../s1. The van der Waals surface area contributed by atoms with Crippen molar-refractivity contribution in [2.45, 2.75) is 39.8 Å². The second-order valence-corrected chi connectivity index (χ2v) is 12.5. The van der Waals surface area contributed by atoms with Crippen LogP contribution in [0.4, 0.5) is 11.4 Å². The summed E-state index contributed by atoms with van der Waals surface area (Å²) in [6.07, 6.45) is 0. The Balaban J connectivity index is 0.00000260. The van der Waals surface area contributed by atoms with Crippen molar-refractivity contribution in [3.63, 3.8) is 0 Å². The number of aromatic amines is 2. The van der Waals surface area contributed by atoms with Gasteiger partial charge in [0.05, 0.1) is 32.9 Å². The lowest BCUT2D eigenvalue weighted by molar-refractivity contribution is -0.310. The van der Waals surface area contributed by atoms with Crippen molar-refractivity contribution in [2.24, 2.45) is 11.8 Å². The number of carbonyl (C=O) groups is 2. The molecule has 0 aliphatic carbocycles. The SMILES string of the molecule is CC(C)[C@H](Nc1c2ccccc2[nH+]c2ccccc12)C(=O)NCCNC(=O)[C@@H](Nc1c2ccccc2[nH+]c2ccccc12)C(C)C.[Cl-].[Cl-]. The number of carbonyl (C=O) groups excluding carboxylic acids is 2. The lowest BCUT2D eigenvalue weighted by Gasteiger charge is -2.25. The number of benzene rings is 4. The summed E-state index contributed by atoms with van der Waals surface area (Å²) in [6, 6.07) is 31.5. The molecule has 2 heterocycles. The number of hydrogen-bond donors (Lipinski definition) is 4. The monoisotopic (exact) mass is 684 g/mol. The molecule has 10 heteroatoms. The molecule has 250 valence electrons. The summed E-state index contributed by atoms with van der Waals surface area (Å²) in [5, 5.41) is 17.3. The Bertz CT molecular complexity index is 1800. The number of H-pyrrole nitrogens is 2. The number of rotatable bonds is 11. The Hall–Kier alpha value is -4.66. The summed E-state index contributed by atoms with van der Waals surface area (Å²) in [4.78, 5) is 34.0. The van der Waals surface area contributed by atoms with E-state index in [1.807, 2.05) is 100 Å². The molecule has 0 aliphatic heterocycles. The van der Waals surface area contributed by atoms with Crippen LogP contribution in [0, 0.1) is 11.8 Å². The minimum atomic E-state index is -0.466. The van der Waals surface area contributed by atoms with Gasteiger partial charge in [0.2, 0.25) is 33.9 Å². The maximum Gasteiger partial charge on any atom is 0.242 e. The molecule has 0 radical (unpaired) electrons. The van der Waals surface area contributed by atoms with E-state index in [0.717, 1.165) is 55.0 Å². The van der Waals surface area contributed by atoms with E-state index in [2.05, 4.69) is 55.5 Å². The molecule has 0 saturated heterocycles. The van der Waals surface area contributed by atoms with E-state index in [4.69, 9.17) is 0 Å². The van der Waals surface area contributed by atoms with Crippen LogP contribution < -0.4 is 56.0 Å². The Kier molecular flexibility index (Phi) is 12.0. The fraction of sp³-hybridized carbons (Fsp3) is 0.263. The topological polar surface area (TPSA) is 111 Å². The maximum atomic E-state index is 13.5. The van der Waals surface area contributed by atoms with Crippen molar-refractivity contribution in [3.8, 4) is 0 Å². The van der Waals surface area contributed by atoms with E-state index in [1.54, 1.807) is 0 Å². The van der Waals surface area contributed by atoms with Crippen molar-refractivity contribution in [2.75, 3.05) is 23.7 Å². The third-order valence-corrected chi connectivity index (χ3v) is 8.55. The predicted molar refractivity (Wildman–Crippen MR) is 187 cm³/mol. The number of anilines is 2. The predicted octanol–water partition coefficient (Wildman–Crippen LogP) is -0.259. The highest BCUT2D eigenvalue weighted by Gasteiger charge is 2.27. The molecule has 6 rings (SSSR count). The van der Waals surface area contributed by atoms with Gasteiger partial charge in [0.1, 0.15) is 12.1 Å². The number of fused-ring (bicyclic) bond motifs is 4. The molecule has 0 spiro atoms. The zero-order valence-electron chi connectivity index (χ0n) is 27.5. The summed E-state index contributed by atoms with van der Waals surface area (Å²) in [5.41, 5.74) is 5.84. The van der Waals surface area contributed by atoms with E-state index < -0.39 is 12.1 Å². The number of halogens is 2. The van der Waals surface area contributed by atoms with Gasteiger partial charge in [-0.3, -0.25) is 9.59 Å². The second kappa shape index (κ2) is 16.0. The van der Waals surface area contributed by atoms with Crippen molar-refractivity contribution in [3.05, 3.63) is 97.1 Å². The van der Waals surface area contributed by atoms with Gasteiger partial charge in [0, 0.05) is 37.4 Å². The zero-order chi connectivity index (χ0) is 32.2. The summed E-state index contributed by atoms with van der Waals surface area (Å²) in [6.45, 7) is 8.77. The molecule has 0 saturated carbocycles. The molecule has 0 unspecified atom stereocenters. The third kappa shape index (κ3) is 7.56. The molecule has 2 atom stereocenters. The molecule has 6 N–H and O–H groups in total. The van der Waals surface area contributed by atoms with Crippen LogP contribution in [0.3, 0.4) is 0 Å². The average Bonchev–Trinajstić information content (AvgIpc) is 3.06. The fourth-order valence-corrected chi connectivity index (χ4v) is 6.10. The molecule has 2 aromatic heterocycles. The number of hydrogen-bond acceptors (Lipinski definition) is 4. The molecule has 4 aromatic carbocycles. The Labute approximate surface area is 293 Å². The molecule has 0 fully saturated rings. The summed E-state index contributed by atoms with van der Waals surface area (Å²) in [7, 11) is 0. The van der Waals surface area contributed by atoms with Crippen LogP contribution in [0.5, 0.6) is 0 Å². The first-order valence-electron chi connectivity index (χ1n) is 16.1. The molecule has 0 bridgehead atoms.